The number of hydrogen-bond acceptors (Lipinski definition) is 2. The fourth-order valence-electron chi connectivity index (χ4n) is 1.00. The van der Waals surface area contributed by atoms with E-state index in [4.69, 9.17) is 0 Å². The molecule has 13 heavy (non-hydrogen) atoms. The van der Waals surface area contributed by atoms with Crippen LogP contribution in [0.4, 0.5) is 0 Å². The third-order valence-electron chi connectivity index (χ3n) is 1.52. The second-order valence-electron chi connectivity index (χ2n) is 3.46. The Labute approximate surface area is 93.4 Å². The Morgan fingerprint density at radius 1 is 1.54 bits per heavy atom. The zero-order valence-electron chi connectivity index (χ0n) is 8.47. The van der Waals surface area contributed by atoms with Crippen molar-refractivity contribution in [2.45, 2.75) is 25.1 Å². The van der Waals surface area contributed by atoms with Crippen molar-refractivity contribution >= 4 is 33.6 Å². The molecule has 0 fully saturated rings. The van der Waals surface area contributed by atoms with Gasteiger partial charge in [-0.1, -0.05) is 29.8 Å². The van der Waals surface area contributed by atoms with Gasteiger partial charge in [0.05, 0.1) is 5.75 Å². The lowest BCUT2D eigenvalue weighted by Crippen LogP contribution is -2.31. The Morgan fingerprint density at radius 3 is 2.62 bits per heavy atom. The number of halogens is 1. The predicted molar refractivity (Wildman–Crippen MR) is 63.6 cm³/mol. The fraction of sp³-hybridized carbons (Fsp3) is 0.889. The van der Waals surface area contributed by atoms with Gasteiger partial charge in [-0.15, -0.1) is 0 Å². The summed E-state index contributed by atoms with van der Waals surface area (Å²) in [4.78, 5) is 11.5. The van der Waals surface area contributed by atoms with Crippen molar-refractivity contribution < 1.29 is 4.79 Å². The van der Waals surface area contributed by atoms with Crippen molar-refractivity contribution in [3.8, 4) is 0 Å². The van der Waals surface area contributed by atoms with Crippen molar-refractivity contribution in [2.75, 3.05) is 18.6 Å². The first kappa shape index (κ1) is 13.3. The molecule has 0 heterocycles. The van der Waals surface area contributed by atoms with E-state index >= 15 is 0 Å². The maximum atomic E-state index is 11.1. The van der Waals surface area contributed by atoms with Crippen molar-refractivity contribution in [3.63, 3.8) is 0 Å². The first-order valence-electron chi connectivity index (χ1n) is 4.46. The first-order valence-corrected chi connectivity index (χ1v) is 6.77. The second kappa shape index (κ2) is 7.68. The molecule has 0 bridgehead atoms. The Balaban J connectivity index is 3.45. The zero-order valence-corrected chi connectivity index (χ0v) is 10.9. The summed E-state index contributed by atoms with van der Waals surface area (Å²) >= 11 is 5.08. The molecule has 4 heteroatoms. The molecule has 0 aliphatic heterocycles. The van der Waals surface area contributed by atoms with Crippen molar-refractivity contribution in [2.24, 2.45) is 5.92 Å². The zero-order chi connectivity index (χ0) is 10.3. The Morgan fingerprint density at radius 2 is 2.15 bits per heavy atom. The van der Waals surface area contributed by atoms with Crippen molar-refractivity contribution in [1.82, 2.24) is 5.32 Å². The summed E-state index contributed by atoms with van der Waals surface area (Å²) in [6, 6.07) is 0. The van der Waals surface area contributed by atoms with Gasteiger partial charge in [0.2, 0.25) is 5.91 Å². The first-order chi connectivity index (χ1) is 6.06. The minimum absolute atomic E-state index is 0.126. The van der Waals surface area contributed by atoms with Gasteiger partial charge in [0, 0.05) is 11.4 Å². The largest absolute Gasteiger partial charge is 0.354 e. The minimum Gasteiger partial charge on any atom is -0.354 e. The second-order valence-corrected chi connectivity index (χ2v) is 5.62. The maximum absolute atomic E-state index is 11.1. The number of carbonyl (C=O) groups excluding carboxylic acids is 1. The van der Waals surface area contributed by atoms with E-state index in [-0.39, 0.29) is 5.91 Å². The van der Waals surface area contributed by atoms with Crippen LogP contribution >= 0.6 is 27.7 Å². The molecule has 0 aliphatic carbocycles. The molecule has 0 aromatic heterocycles. The number of alkyl halides is 1. The van der Waals surface area contributed by atoms with Gasteiger partial charge in [0.1, 0.15) is 0 Å². The van der Waals surface area contributed by atoms with Crippen LogP contribution in [0.3, 0.4) is 0 Å². The Bertz CT molecular complexity index is 153. The fourth-order valence-corrected chi connectivity index (χ4v) is 2.28. The summed E-state index contributed by atoms with van der Waals surface area (Å²) in [5.74, 6) is 1.35. The highest BCUT2D eigenvalue weighted by Crippen LogP contribution is 2.11. The number of carbonyl (C=O) groups is 1. The van der Waals surface area contributed by atoms with Gasteiger partial charge in [0.25, 0.3) is 0 Å². The summed E-state index contributed by atoms with van der Waals surface area (Å²) in [6.45, 7) is 5.09. The van der Waals surface area contributed by atoms with Gasteiger partial charge in [0.15, 0.2) is 0 Å². The van der Waals surface area contributed by atoms with Gasteiger partial charge in [-0.3, -0.25) is 4.79 Å². The number of amides is 1. The molecule has 0 aromatic carbocycles. The minimum atomic E-state index is 0.126. The van der Waals surface area contributed by atoms with Gasteiger partial charge >= 0.3 is 0 Å². The van der Waals surface area contributed by atoms with Crippen LogP contribution in [0.25, 0.3) is 0 Å². The molecule has 2 nitrogen and oxygen atoms in total. The maximum Gasteiger partial charge on any atom is 0.230 e. The number of thioether (sulfide) groups is 1. The summed E-state index contributed by atoms with van der Waals surface area (Å²) in [6.07, 6.45) is 3.03. The van der Waals surface area contributed by atoms with E-state index in [1.54, 1.807) is 11.8 Å². The van der Waals surface area contributed by atoms with E-state index in [9.17, 15) is 4.79 Å². The van der Waals surface area contributed by atoms with E-state index in [2.05, 4.69) is 35.1 Å². The standard InChI is InChI=1S/C9H18BrNOS/c1-7(2)4-8(10)5-11-9(12)6-13-3/h7-8H,4-6H2,1-3H3,(H,11,12). The van der Waals surface area contributed by atoms with E-state index in [0.29, 0.717) is 16.5 Å². The number of hydrogen-bond donors (Lipinski definition) is 1. The van der Waals surface area contributed by atoms with Gasteiger partial charge < -0.3 is 5.32 Å². The molecule has 1 amide bonds. The SMILES string of the molecule is CSCC(=O)NCC(Br)CC(C)C. The summed E-state index contributed by atoms with van der Waals surface area (Å²) in [5.41, 5.74) is 0. The van der Waals surface area contributed by atoms with E-state index in [1.165, 1.54) is 0 Å². The smallest absolute Gasteiger partial charge is 0.230 e. The highest BCUT2D eigenvalue weighted by molar-refractivity contribution is 9.09. The lowest BCUT2D eigenvalue weighted by molar-refractivity contribution is -0.118. The quantitative estimate of drug-likeness (QED) is 0.749. The van der Waals surface area contributed by atoms with Crippen LogP contribution in [0.15, 0.2) is 0 Å². The third kappa shape index (κ3) is 8.63. The molecular weight excluding hydrogens is 250 g/mol. The molecule has 0 spiro atoms. The van der Waals surface area contributed by atoms with Gasteiger partial charge in [-0.2, -0.15) is 11.8 Å². The monoisotopic (exact) mass is 267 g/mol. The molecule has 0 aromatic rings. The summed E-state index contributed by atoms with van der Waals surface area (Å²) in [5, 5.41) is 2.88. The summed E-state index contributed by atoms with van der Waals surface area (Å²) < 4.78 is 0. The molecule has 1 N–H and O–H groups in total. The van der Waals surface area contributed by atoms with Gasteiger partial charge in [-0.25, -0.2) is 0 Å². The molecule has 0 rings (SSSR count). The van der Waals surface area contributed by atoms with Gasteiger partial charge in [-0.05, 0) is 18.6 Å². The van der Waals surface area contributed by atoms with Crippen LogP contribution in [0.2, 0.25) is 0 Å². The average molecular weight is 268 g/mol. The molecule has 0 saturated heterocycles. The Hall–Kier alpha value is 0.300. The van der Waals surface area contributed by atoms with Crippen LogP contribution in [-0.4, -0.2) is 29.3 Å². The molecule has 0 saturated carbocycles. The highest BCUT2D eigenvalue weighted by atomic mass is 79.9. The topological polar surface area (TPSA) is 29.1 Å². The van der Waals surface area contributed by atoms with E-state index in [1.807, 2.05) is 6.26 Å². The average Bonchev–Trinajstić information content (AvgIpc) is 2.00. The Kier molecular flexibility index (Phi) is 7.86. The van der Waals surface area contributed by atoms with Crippen LogP contribution in [0.5, 0.6) is 0 Å². The lowest BCUT2D eigenvalue weighted by atomic mass is 10.1. The van der Waals surface area contributed by atoms with E-state index < -0.39 is 0 Å². The molecule has 0 aliphatic rings. The lowest BCUT2D eigenvalue weighted by Gasteiger charge is -2.12. The highest BCUT2D eigenvalue weighted by Gasteiger charge is 2.08. The van der Waals surface area contributed by atoms with Crippen molar-refractivity contribution in [3.05, 3.63) is 0 Å². The van der Waals surface area contributed by atoms with Crippen LogP contribution in [0.1, 0.15) is 20.3 Å². The van der Waals surface area contributed by atoms with Crippen LogP contribution < -0.4 is 5.32 Å². The van der Waals surface area contributed by atoms with Crippen LogP contribution in [0, 0.1) is 5.92 Å². The molecule has 1 atom stereocenters. The molecule has 1 unspecified atom stereocenters. The van der Waals surface area contributed by atoms with E-state index in [0.717, 1.165) is 13.0 Å². The normalized spacial score (nSPS) is 13.0. The molecule has 78 valence electrons. The molecule has 0 radical (unpaired) electrons. The summed E-state index contributed by atoms with van der Waals surface area (Å²) in [7, 11) is 0. The van der Waals surface area contributed by atoms with Crippen LogP contribution in [-0.2, 0) is 4.79 Å². The predicted octanol–water partition coefficient (Wildman–Crippen LogP) is 2.28. The number of nitrogens with one attached hydrogen (secondary N) is 1. The third-order valence-corrected chi connectivity index (χ3v) is 2.77. The molecular formula is C9H18BrNOS. The van der Waals surface area contributed by atoms with Crippen molar-refractivity contribution in [1.29, 1.82) is 0 Å². The number of rotatable bonds is 6.